The van der Waals surface area contributed by atoms with Crippen LogP contribution in [0.3, 0.4) is 0 Å². The third-order valence-corrected chi connectivity index (χ3v) is 3.44. The number of carbonyl (C=O) groups excluding carboxylic acids is 2. The van der Waals surface area contributed by atoms with Gasteiger partial charge in [0.1, 0.15) is 12.4 Å². The van der Waals surface area contributed by atoms with Crippen molar-refractivity contribution in [3.8, 4) is 0 Å². The van der Waals surface area contributed by atoms with Crippen molar-refractivity contribution < 1.29 is 18.7 Å². The fourth-order valence-electron chi connectivity index (χ4n) is 2.09. The number of carbonyl (C=O) groups is 2. The number of ether oxygens (including phenoxy) is 1. The molecule has 22 heavy (non-hydrogen) atoms. The normalized spacial score (nSPS) is 19.2. The van der Waals surface area contributed by atoms with E-state index in [0.29, 0.717) is 18.8 Å². The summed E-state index contributed by atoms with van der Waals surface area (Å²) in [5.41, 5.74) is 0.156. The zero-order valence-electron chi connectivity index (χ0n) is 13.1. The van der Waals surface area contributed by atoms with Gasteiger partial charge in [-0.2, -0.15) is 0 Å². The second kappa shape index (κ2) is 6.44. The lowest BCUT2D eigenvalue weighted by Gasteiger charge is -2.33. The van der Waals surface area contributed by atoms with E-state index in [2.05, 4.69) is 5.32 Å². The molecule has 0 aliphatic carbocycles. The lowest BCUT2D eigenvalue weighted by molar-refractivity contribution is -0.131. The first kappa shape index (κ1) is 16.4. The number of benzene rings is 1. The minimum absolute atomic E-state index is 0.0482. The van der Waals surface area contributed by atoms with Crippen molar-refractivity contribution in [1.29, 1.82) is 0 Å². The summed E-state index contributed by atoms with van der Waals surface area (Å²) in [4.78, 5) is 25.4. The Kier molecular flexibility index (Phi) is 4.81. The molecule has 0 radical (unpaired) electrons. The third kappa shape index (κ3) is 4.04. The Labute approximate surface area is 129 Å². The lowest BCUT2D eigenvalue weighted by Crippen LogP contribution is -2.51. The van der Waals surface area contributed by atoms with Crippen LogP contribution in [0.15, 0.2) is 24.3 Å². The molecule has 1 aromatic carbocycles. The van der Waals surface area contributed by atoms with Gasteiger partial charge in [0.05, 0.1) is 12.6 Å². The molecule has 1 heterocycles. The van der Waals surface area contributed by atoms with Crippen LogP contribution in [0, 0.1) is 11.2 Å². The van der Waals surface area contributed by atoms with Crippen LogP contribution in [0.4, 0.5) is 10.1 Å². The lowest BCUT2D eigenvalue weighted by atomic mass is 9.95. The summed E-state index contributed by atoms with van der Waals surface area (Å²) in [6, 6.07) is 5.75. The summed E-state index contributed by atoms with van der Waals surface area (Å²) in [6.45, 7) is 6.11. The van der Waals surface area contributed by atoms with Gasteiger partial charge >= 0.3 is 0 Å². The van der Waals surface area contributed by atoms with Gasteiger partial charge < -0.3 is 15.0 Å². The minimum Gasteiger partial charge on any atom is -0.365 e. The molecule has 2 rings (SSSR count). The van der Waals surface area contributed by atoms with Gasteiger partial charge in [-0.05, 0) is 24.3 Å². The van der Waals surface area contributed by atoms with Crippen molar-refractivity contribution in [2.24, 2.45) is 5.41 Å². The largest absolute Gasteiger partial charge is 0.365 e. The first-order chi connectivity index (χ1) is 10.3. The summed E-state index contributed by atoms with van der Waals surface area (Å²) in [5, 5.41) is 2.83. The molecule has 6 heteroatoms. The Morgan fingerprint density at radius 3 is 2.59 bits per heavy atom. The Morgan fingerprint density at radius 2 is 2.00 bits per heavy atom. The zero-order valence-corrected chi connectivity index (χ0v) is 13.1. The molecule has 2 amide bonds. The van der Waals surface area contributed by atoms with Gasteiger partial charge in [-0.1, -0.05) is 20.8 Å². The second-order valence-electron chi connectivity index (χ2n) is 6.37. The molecular weight excluding hydrogens is 287 g/mol. The molecular formula is C16H21FN2O3. The summed E-state index contributed by atoms with van der Waals surface area (Å²) < 4.78 is 18.4. The van der Waals surface area contributed by atoms with E-state index in [1.165, 1.54) is 12.1 Å². The van der Waals surface area contributed by atoms with E-state index < -0.39 is 5.41 Å². The minimum atomic E-state index is -0.471. The van der Waals surface area contributed by atoms with Gasteiger partial charge in [-0.3, -0.25) is 9.59 Å². The van der Waals surface area contributed by atoms with E-state index in [1.807, 2.05) is 20.8 Å². The van der Waals surface area contributed by atoms with Crippen molar-refractivity contribution >= 4 is 17.5 Å². The number of rotatable bonds is 3. The Balaban J connectivity index is 1.98. The number of halogens is 1. The van der Waals surface area contributed by atoms with E-state index in [-0.39, 0.29) is 30.3 Å². The fraction of sp³-hybridized carbons (Fsp3) is 0.500. The standard InChI is InChI=1S/C16H21FN2O3/c1-16(2,3)15(21)18-8-13-9-19(14(20)10-22-13)12-6-4-11(17)5-7-12/h4-7,13H,8-10H2,1-3H3,(H,18,21). The molecule has 0 aromatic heterocycles. The molecule has 120 valence electrons. The number of hydrogen-bond acceptors (Lipinski definition) is 3. The van der Waals surface area contributed by atoms with Crippen LogP contribution < -0.4 is 10.2 Å². The molecule has 1 aromatic rings. The van der Waals surface area contributed by atoms with Crippen molar-refractivity contribution in [1.82, 2.24) is 5.32 Å². The topological polar surface area (TPSA) is 58.6 Å². The van der Waals surface area contributed by atoms with E-state index in [0.717, 1.165) is 0 Å². The summed E-state index contributed by atoms with van der Waals surface area (Å²) in [6.07, 6.45) is -0.283. The maximum absolute atomic E-state index is 13.0. The number of amides is 2. The molecule has 1 fully saturated rings. The van der Waals surface area contributed by atoms with Crippen molar-refractivity contribution in [2.75, 3.05) is 24.6 Å². The third-order valence-electron chi connectivity index (χ3n) is 3.44. The number of nitrogens with one attached hydrogen (secondary N) is 1. The maximum Gasteiger partial charge on any atom is 0.253 e. The Hall–Kier alpha value is -1.95. The van der Waals surface area contributed by atoms with Gasteiger partial charge in [0, 0.05) is 17.6 Å². The van der Waals surface area contributed by atoms with Gasteiger partial charge in [0.15, 0.2) is 0 Å². The van der Waals surface area contributed by atoms with E-state index in [1.54, 1.807) is 17.0 Å². The van der Waals surface area contributed by atoms with Gasteiger partial charge in [-0.25, -0.2) is 4.39 Å². The highest BCUT2D eigenvalue weighted by Gasteiger charge is 2.29. The van der Waals surface area contributed by atoms with E-state index in [4.69, 9.17) is 4.74 Å². The summed E-state index contributed by atoms with van der Waals surface area (Å²) in [7, 11) is 0. The predicted octanol–water partition coefficient (Wildman–Crippen LogP) is 1.72. The molecule has 1 aliphatic heterocycles. The first-order valence-electron chi connectivity index (χ1n) is 7.23. The number of nitrogens with zero attached hydrogens (tertiary/aromatic N) is 1. The molecule has 0 bridgehead atoms. The van der Waals surface area contributed by atoms with E-state index >= 15 is 0 Å². The van der Waals surface area contributed by atoms with Crippen LogP contribution in [0.25, 0.3) is 0 Å². The number of anilines is 1. The molecule has 1 saturated heterocycles. The fourth-order valence-corrected chi connectivity index (χ4v) is 2.09. The van der Waals surface area contributed by atoms with Crippen LogP contribution in [-0.4, -0.2) is 37.6 Å². The highest BCUT2D eigenvalue weighted by Crippen LogP contribution is 2.19. The SMILES string of the molecule is CC(C)(C)C(=O)NCC1CN(c2ccc(F)cc2)C(=O)CO1. The van der Waals surface area contributed by atoms with Crippen molar-refractivity contribution in [3.05, 3.63) is 30.1 Å². The number of hydrogen-bond donors (Lipinski definition) is 1. The van der Waals surface area contributed by atoms with Crippen LogP contribution in [0.1, 0.15) is 20.8 Å². The molecule has 0 spiro atoms. The summed E-state index contributed by atoms with van der Waals surface area (Å²) in [5.74, 6) is -0.593. The van der Waals surface area contributed by atoms with Crippen LogP contribution in [0.5, 0.6) is 0 Å². The monoisotopic (exact) mass is 308 g/mol. The van der Waals surface area contributed by atoms with Crippen LogP contribution in [0.2, 0.25) is 0 Å². The quantitative estimate of drug-likeness (QED) is 0.925. The maximum atomic E-state index is 13.0. The molecule has 1 aliphatic rings. The highest BCUT2D eigenvalue weighted by atomic mass is 19.1. The van der Waals surface area contributed by atoms with Crippen LogP contribution >= 0.6 is 0 Å². The van der Waals surface area contributed by atoms with Crippen molar-refractivity contribution in [2.45, 2.75) is 26.9 Å². The Morgan fingerprint density at radius 1 is 1.36 bits per heavy atom. The van der Waals surface area contributed by atoms with Gasteiger partial charge in [-0.15, -0.1) is 0 Å². The smallest absolute Gasteiger partial charge is 0.253 e. The number of morpholine rings is 1. The first-order valence-corrected chi connectivity index (χ1v) is 7.23. The zero-order chi connectivity index (χ0) is 16.3. The van der Waals surface area contributed by atoms with Crippen LogP contribution in [-0.2, 0) is 14.3 Å². The molecule has 0 saturated carbocycles. The van der Waals surface area contributed by atoms with Gasteiger partial charge in [0.25, 0.3) is 5.91 Å². The summed E-state index contributed by atoms with van der Waals surface area (Å²) >= 11 is 0. The predicted molar refractivity (Wildman–Crippen MR) is 81.0 cm³/mol. The van der Waals surface area contributed by atoms with Gasteiger partial charge in [0.2, 0.25) is 5.91 Å². The molecule has 1 unspecified atom stereocenters. The highest BCUT2D eigenvalue weighted by molar-refractivity contribution is 5.95. The average molecular weight is 308 g/mol. The molecule has 5 nitrogen and oxygen atoms in total. The second-order valence-corrected chi connectivity index (χ2v) is 6.37. The van der Waals surface area contributed by atoms with E-state index in [9.17, 15) is 14.0 Å². The molecule has 1 atom stereocenters. The van der Waals surface area contributed by atoms with Crippen molar-refractivity contribution in [3.63, 3.8) is 0 Å². The average Bonchev–Trinajstić information content (AvgIpc) is 2.46. The Bertz CT molecular complexity index is 552. The molecule has 1 N–H and O–H groups in total.